The summed E-state index contributed by atoms with van der Waals surface area (Å²) in [6, 6.07) is 5.09. The van der Waals surface area contributed by atoms with Gasteiger partial charge in [0.15, 0.2) is 0 Å². The number of methoxy groups -OCH3 is 1. The van der Waals surface area contributed by atoms with Crippen LogP contribution in [0.4, 0.5) is 18.9 Å². The van der Waals surface area contributed by atoms with Gasteiger partial charge in [-0.05, 0) is 43.4 Å². The van der Waals surface area contributed by atoms with Crippen LogP contribution in [0.25, 0.3) is 11.4 Å². The zero-order valence-corrected chi connectivity index (χ0v) is 21.9. The van der Waals surface area contributed by atoms with Crippen molar-refractivity contribution in [2.24, 2.45) is 13.0 Å². The maximum atomic E-state index is 12.3. The van der Waals surface area contributed by atoms with Crippen LogP contribution in [0, 0.1) is 5.92 Å². The molecule has 11 nitrogen and oxygen atoms in total. The predicted octanol–water partition coefficient (Wildman–Crippen LogP) is 3.62. The fourth-order valence-corrected chi connectivity index (χ4v) is 4.50. The summed E-state index contributed by atoms with van der Waals surface area (Å²) in [4.78, 5) is 26.8. The highest BCUT2D eigenvalue weighted by atomic mass is 19.4. The average Bonchev–Trinajstić information content (AvgIpc) is 3.30. The first kappa shape index (κ1) is 28.2. The van der Waals surface area contributed by atoms with Gasteiger partial charge in [-0.1, -0.05) is 12.1 Å². The maximum absolute atomic E-state index is 12.3. The van der Waals surface area contributed by atoms with Crippen LogP contribution in [0.5, 0.6) is 6.01 Å². The Bertz CT molecular complexity index is 1280. The summed E-state index contributed by atoms with van der Waals surface area (Å²) < 4.78 is 52.9. The monoisotopic (exact) mass is 549 g/mol. The van der Waals surface area contributed by atoms with Crippen molar-refractivity contribution in [3.63, 3.8) is 0 Å². The molecule has 1 fully saturated rings. The number of pyridine rings is 1. The Morgan fingerprint density at radius 2 is 2.00 bits per heavy atom. The maximum Gasteiger partial charge on any atom is 0.522 e. The van der Waals surface area contributed by atoms with Crippen LogP contribution < -0.4 is 9.64 Å². The second-order valence-corrected chi connectivity index (χ2v) is 9.11. The van der Waals surface area contributed by atoms with E-state index in [0.717, 1.165) is 37.3 Å². The molecule has 4 rings (SSSR count). The quantitative estimate of drug-likeness (QED) is 0.347. The average molecular weight is 550 g/mol. The van der Waals surface area contributed by atoms with Gasteiger partial charge in [-0.15, -0.1) is 18.3 Å². The third kappa shape index (κ3) is 7.40. The number of carbonyl (C=O) groups is 1. The molecule has 14 heteroatoms. The number of rotatable bonds is 10. The lowest BCUT2D eigenvalue weighted by Gasteiger charge is -2.35. The number of hydrogen-bond acceptors (Lipinski definition) is 10. The Morgan fingerprint density at radius 3 is 2.74 bits per heavy atom. The molecule has 3 aromatic heterocycles. The number of piperidine rings is 1. The highest BCUT2D eigenvalue weighted by Crippen LogP contribution is 2.30. The summed E-state index contributed by atoms with van der Waals surface area (Å²) in [5.74, 6) is 0.0234. The van der Waals surface area contributed by atoms with Crippen molar-refractivity contribution in [2.45, 2.75) is 52.2 Å². The normalized spacial score (nSPS) is 15.8. The van der Waals surface area contributed by atoms with Crippen molar-refractivity contribution in [3.05, 3.63) is 41.5 Å². The number of nitrogens with zero attached hydrogens (tertiary/aromatic N) is 7. The highest BCUT2D eigenvalue weighted by Gasteiger charge is 2.29. The van der Waals surface area contributed by atoms with Crippen molar-refractivity contribution in [1.82, 2.24) is 29.9 Å². The molecule has 0 N–H and O–H groups in total. The predicted molar refractivity (Wildman–Crippen MR) is 132 cm³/mol. The van der Waals surface area contributed by atoms with Gasteiger partial charge in [0.2, 0.25) is 0 Å². The first-order valence-corrected chi connectivity index (χ1v) is 12.5. The molecular weight excluding hydrogens is 519 g/mol. The van der Waals surface area contributed by atoms with Crippen molar-refractivity contribution < 1.29 is 32.2 Å². The van der Waals surface area contributed by atoms with E-state index in [2.05, 4.69) is 29.9 Å². The topological polar surface area (TPSA) is 117 Å². The van der Waals surface area contributed by atoms with Gasteiger partial charge in [0.25, 0.3) is 0 Å². The SMILES string of the molecule is CCc1nc(-c2nnn(C)c2COc2nccc(COC(F)(F)F)n2)ccc1N1CCCC(CC(=O)OC)C1. The molecule has 0 spiro atoms. The van der Waals surface area contributed by atoms with E-state index in [9.17, 15) is 18.0 Å². The van der Waals surface area contributed by atoms with Crippen LogP contribution in [0.2, 0.25) is 0 Å². The molecule has 39 heavy (non-hydrogen) atoms. The smallest absolute Gasteiger partial charge is 0.469 e. The summed E-state index contributed by atoms with van der Waals surface area (Å²) >= 11 is 0. The molecule has 4 heterocycles. The van der Waals surface area contributed by atoms with Crippen molar-refractivity contribution in [3.8, 4) is 17.4 Å². The molecule has 0 bridgehead atoms. The van der Waals surface area contributed by atoms with E-state index in [4.69, 9.17) is 14.5 Å². The molecule has 0 amide bonds. The van der Waals surface area contributed by atoms with E-state index in [0.29, 0.717) is 29.9 Å². The second-order valence-electron chi connectivity index (χ2n) is 9.11. The Morgan fingerprint density at radius 1 is 1.18 bits per heavy atom. The van der Waals surface area contributed by atoms with Crippen LogP contribution in [-0.4, -0.2) is 62.5 Å². The van der Waals surface area contributed by atoms with Gasteiger partial charge in [0.1, 0.15) is 18.0 Å². The van der Waals surface area contributed by atoms with Gasteiger partial charge in [-0.3, -0.25) is 9.53 Å². The first-order chi connectivity index (χ1) is 18.7. The number of aromatic nitrogens is 6. The number of esters is 1. The number of aryl methyl sites for hydroxylation is 2. The summed E-state index contributed by atoms with van der Waals surface area (Å²) in [5.41, 5.74) is 3.65. The third-order valence-corrected chi connectivity index (χ3v) is 6.43. The van der Waals surface area contributed by atoms with Crippen LogP contribution in [-0.2, 0) is 41.0 Å². The minimum Gasteiger partial charge on any atom is -0.469 e. The molecule has 0 saturated carbocycles. The van der Waals surface area contributed by atoms with Gasteiger partial charge in [-0.2, -0.15) is 4.98 Å². The fourth-order valence-electron chi connectivity index (χ4n) is 4.50. The zero-order valence-electron chi connectivity index (χ0n) is 21.9. The molecule has 1 atom stereocenters. The van der Waals surface area contributed by atoms with Crippen LogP contribution in [0.1, 0.15) is 43.3 Å². The molecule has 0 radical (unpaired) electrons. The number of alkyl halides is 3. The first-order valence-electron chi connectivity index (χ1n) is 12.5. The second kappa shape index (κ2) is 12.4. The van der Waals surface area contributed by atoms with E-state index in [1.807, 2.05) is 19.1 Å². The molecule has 0 aromatic carbocycles. The van der Waals surface area contributed by atoms with Gasteiger partial charge < -0.3 is 14.4 Å². The number of anilines is 1. The minimum absolute atomic E-state index is 0.0251. The Kier molecular flexibility index (Phi) is 8.94. The van der Waals surface area contributed by atoms with Crippen LogP contribution in [0.15, 0.2) is 24.4 Å². The minimum atomic E-state index is -4.76. The van der Waals surface area contributed by atoms with Crippen molar-refractivity contribution >= 4 is 11.7 Å². The van der Waals surface area contributed by atoms with Gasteiger partial charge >= 0.3 is 18.3 Å². The third-order valence-electron chi connectivity index (χ3n) is 6.43. The lowest BCUT2D eigenvalue weighted by molar-refractivity contribution is -0.330. The van der Waals surface area contributed by atoms with Gasteiger partial charge in [0.05, 0.1) is 36.5 Å². The molecule has 3 aromatic rings. The lowest BCUT2D eigenvalue weighted by Crippen LogP contribution is -2.37. The zero-order chi connectivity index (χ0) is 28.0. The van der Waals surface area contributed by atoms with Crippen molar-refractivity contribution in [1.29, 1.82) is 0 Å². The fraction of sp³-hybridized carbons (Fsp3) is 0.520. The number of hydrogen-bond donors (Lipinski definition) is 0. The Balaban J connectivity index is 1.49. The standard InChI is InChI=1S/C25H30F3N7O4/c1-4-18-20(35-11-5-6-16(13-35)12-22(36)37-3)8-7-19(31-18)23-21(34(2)33-32-23)15-38-24-29-10-9-17(30-24)14-39-25(26,27)28/h7-10,16H,4-6,11-15H2,1-3H3. The molecule has 1 unspecified atom stereocenters. The molecular formula is C25H30F3N7O4. The van der Waals surface area contributed by atoms with Crippen molar-refractivity contribution in [2.75, 3.05) is 25.1 Å². The van der Waals surface area contributed by atoms with Gasteiger partial charge in [-0.25, -0.2) is 14.6 Å². The van der Waals surface area contributed by atoms with E-state index in [-0.39, 0.29) is 30.2 Å². The molecule has 1 aliphatic heterocycles. The number of halogens is 3. The highest BCUT2D eigenvalue weighted by molar-refractivity contribution is 5.69. The summed E-state index contributed by atoms with van der Waals surface area (Å²) in [6.07, 6.45) is -0.434. The largest absolute Gasteiger partial charge is 0.522 e. The number of ether oxygens (including phenoxy) is 3. The van der Waals surface area contributed by atoms with Crippen LogP contribution in [0.3, 0.4) is 0 Å². The van der Waals surface area contributed by atoms with E-state index < -0.39 is 13.0 Å². The van der Waals surface area contributed by atoms with Crippen LogP contribution >= 0.6 is 0 Å². The Hall–Kier alpha value is -3.81. The van der Waals surface area contributed by atoms with E-state index in [1.165, 1.54) is 24.1 Å². The summed E-state index contributed by atoms with van der Waals surface area (Å²) in [5, 5.41) is 8.36. The molecule has 1 saturated heterocycles. The lowest BCUT2D eigenvalue weighted by atomic mass is 9.94. The summed E-state index contributed by atoms with van der Waals surface area (Å²) in [6.45, 7) is 2.87. The molecule has 210 valence electrons. The van der Waals surface area contributed by atoms with Gasteiger partial charge in [0, 0.05) is 32.8 Å². The number of carbonyl (C=O) groups excluding carboxylic acids is 1. The van der Waals surface area contributed by atoms with E-state index in [1.54, 1.807) is 7.05 Å². The molecule has 1 aliphatic rings. The summed E-state index contributed by atoms with van der Waals surface area (Å²) in [7, 11) is 3.11. The Labute approximate surface area is 223 Å². The molecule has 0 aliphatic carbocycles. The van der Waals surface area contributed by atoms with E-state index >= 15 is 0 Å².